The number of rotatable bonds is 6. The molecule has 0 fully saturated rings. The van der Waals surface area contributed by atoms with Gasteiger partial charge in [-0.05, 0) is 48.4 Å². The van der Waals surface area contributed by atoms with E-state index in [0.717, 1.165) is 11.3 Å². The molecule has 0 spiro atoms. The maximum Gasteiger partial charge on any atom is 0.338 e. The molecule has 0 saturated carbocycles. The van der Waals surface area contributed by atoms with Crippen LogP contribution in [0.4, 0.5) is 0 Å². The summed E-state index contributed by atoms with van der Waals surface area (Å²) in [6.45, 7) is 4.25. The van der Waals surface area contributed by atoms with Crippen LogP contribution in [0.3, 0.4) is 0 Å². The van der Waals surface area contributed by atoms with E-state index in [9.17, 15) is 19.2 Å². The summed E-state index contributed by atoms with van der Waals surface area (Å²) >= 11 is 1.16. The number of fused-ring (bicyclic) bond motifs is 1. The van der Waals surface area contributed by atoms with E-state index < -0.39 is 23.9 Å². The largest absolute Gasteiger partial charge is 0.493 e. The Bertz CT molecular complexity index is 1660. The first kappa shape index (κ1) is 26.6. The van der Waals surface area contributed by atoms with E-state index in [-0.39, 0.29) is 22.6 Å². The number of esters is 3. The number of methoxy groups -OCH3 is 2. The van der Waals surface area contributed by atoms with Crippen molar-refractivity contribution in [1.29, 1.82) is 0 Å². The minimum Gasteiger partial charge on any atom is -0.493 e. The fraction of sp³-hybridized carbons (Fsp3) is 0.222. The third-order valence-electron chi connectivity index (χ3n) is 5.60. The predicted molar refractivity (Wildman–Crippen MR) is 138 cm³/mol. The van der Waals surface area contributed by atoms with Gasteiger partial charge < -0.3 is 18.9 Å². The van der Waals surface area contributed by atoms with Gasteiger partial charge in [0.15, 0.2) is 16.3 Å². The molecule has 0 N–H and O–H groups in total. The molecule has 11 heteroatoms. The van der Waals surface area contributed by atoms with E-state index in [2.05, 4.69) is 4.99 Å². The highest BCUT2D eigenvalue weighted by Crippen LogP contribution is 2.36. The van der Waals surface area contributed by atoms with Crippen LogP contribution in [0.25, 0.3) is 6.08 Å². The molecule has 1 aliphatic heterocycles. The maximum absolute atomic E-state index is 13.7. The van der Waals surface area contributed by atoms with Crippen LogP contribution in [0.5, 0.6) is 17.2 Å². The van der Waals surface area contributed by atoms with Crippen LogP contribution in [-0.2, 0) is 19.1 Å². The number of hydrogen-bond acceptors (Lipinski definition) is 10. The molecule has 0 radical (unpaired) electrons. The predicted octanol–water partition coefficient (Wildman–Crippen LogP) is 2.27. The Morgan fingerprint density at radius 1 is 1.00 bits per heavy atom. The summed E-state index contributed by atoms with van der Waals surface area (Å²) in [4.78, 5) is 54.3. The van der Waals surface area contributed by atoms with Gasteiger partial charge in [0.25, 0.3) is 5.56 Å². The lowest BCUT2D eigenvalue weighted by Crippen LogP contribution is -2.39. The molecule has 0 aliphatic carbocycles. The molecule has 38 heavy (non-hydrogen) atoms. The number of allylic oxidation sites excluding steroid dienone is 1. The van der Waals surface area contributed by atoms with Gasteiger partial charge in [-0.3, -0.25) is 19.0 Å². The van der Waals surface area contributed by atoms with Crippen molar-refractivity contribution < 1.29 is 33.3 Å². The number of ether oxygens (including phenoxy) is 4. The molecule has 1 aliphatic rings. The Hall–Kier alpha value is -4.51. The molecule has 3 aromatic rings. The summed E-state index contributed by atoms with van der Waals surface area (Å²) in [6.07, 6.45) is 1.66. The second-order valence-electron chi connectivity index (χ2n) is 8.24. The van der Waals surface area contributed by atoms with Gasteiger partial charge in [0.1, 0.15) is 5.75 Å². The van der Waals surface area contributed by atoms with Crippen molar-refractivity contribution in [2.24, 2.45) is 4.99 Å². The molecule has 0 saturated heterocycles. The van der Waals surface area contributed by atoms with Crippen molar-refractivity contribution in [3.63, 3.8) is 0 Å². The van der Waals surface area contributed by atoms with Gasteiger partial charge in [-0.2, -0.15) is 0 Å². The lowest BCUT2D eigenvalue weighted by Gasteiger charge is -2.25. The highest BCUT2D eigenvalue weighted by atomic mass is 32.1. The fourth-order valence-electron chi connectivity index (χ4n) is 4.09. The number of carbonyl (C=O) groups excluding carboxylic acids is 3. The van der Waals surface area contributed by atoms with Crippen molar-refractivity contribution in [3.05, 3.63) is 84.5 Å². The summed E-state index contributed by atoms with van der Waals surface area (Å²) in [5.41, 5.74) is 1.37. The monoisotopic (exact) mass is 536 g/mol. The third-order valence-corrected chi connectivity index (χ3v) is 6.58. The molecular weight excluding hydrogens is 512 g/mol. The number of nitrogens with zero attached hydrogens (tertiary/aromatic N) is 2. The number of thiazole rings is 1. The summed E-state index contributed by atoms with van der Waals surface area (Å²) in [6, 6.07) is 10.7. The Kier molecular flexibility index (Phi) is 7.58. The van der Waals surface area contributed by atoms with Gasteiger partial charge in [0, 0.05) is 13.8 Å². The molecule has 0 unspecified atom stereocenters. The molecule has 196 valence electrons. The standard InChI is InChI=1S/C27H24N2O8S/c1-14-23(26(33)35-5)24(18-9-10-20(37-16(3)31)21(13-18)34-4)29-25(32)22(38-27(29)28-14)12-17-7-6-8-19(11-17)36-15(2)30/h6-13,24H,1-5H3/b22-12+/t24-/m1/s1. The zero-order chi connectivity index (χ0) is 27.6. The first-order chi connectivity index (χ1) is 18.1. The van der Waals surface area contributed by atoms with Gasteiger partial charge in [-0.1, -0.05) is 29.5 Å². The molecule has 1 aromatic heterocycles. The number of aromatic nitrogens is 1. The van der Waals surface area contributed by atoms with Crippen LogP contribution in [-0.4, -0.2) is 36.7 Å². The van der Waals surface area contributed by atoms with Gasteiger partial charge >= 0.3 is 17.9 Å². The minimum atomic E-state index is -0.881. The molecule has 2 aromatic carbocycles. The average molecular weight is 537 g/mol. The Morgan fingerprint density at radius 3 is 2.39 bits per heavy atom. The Labute approximate surface area is 221 Å². The average Bonchev–Trinajstić information content (AvgIpc) is 3.16. The van der Waals surface area contributed by atoms with E-state index in [4.69, 9.17) is 18.9 Å². The van der Waals surface area contributed by atoms with E-state index in [0.29, 0.717) is 31.9 Å². The van der Waals surface area contributed by atoms with Crippen LogP contribution < -0.4 is 29.1 Å². The summed E-state index contributed by atoms with van der Waals surface area (Å²) in [5, 5.41) is 0. The minimum absolute atomic E-state index is 0.186. The van der Waals surface area contributed by atoms with Gasteiger partial charge in [0.2, 0.25) is 0 Å². The quantitative estimate of drug-likeness (QED) is 0.347. The number of hydrogen-bond donors (Lipinski definition) is 0. The Balaban J connectivity index is 1.92. The smallest absolute Gasteiger partial charge is 0.338 e. The molecule has 2 heterocycles. The highest BCUT2D eigenvalue weighted by Gasteiger charge is 2.33. The van der Waals surface area contributed by atoms with Crippen LogP contribution in [0.15, 0.2) is 63.5 Å². The first-order valence-electron chi connectivity index (χ1n) is 11.4. The van der Waals surface area contributed by atoms with Crippen molar-refractivity contribution in [3.8, 4) is 17.2 Å². The van der Waals surface area contributed by atoms with Crippen LogP contribution in [0.1, 0.15) is 37.9 Å². The lowest BCUT2D eigenvalue weighted by atomic mass is 9.95. The van der Waals surface area contributed by atoms with Crippen LogP contribution in [0, 0.1) is 0 Å². The molecule has 0 bridgehead atoms. The topological polar surface area (TPSA) is 122 Å². The summed E-state index contributed by atoms with van der Waals surface area (Å²) in [5.74, 6) is -0.816. The number of carbonyl (C=O) groups is 3. The third kappa shape index (κ3) is 5.28. The molecular formula is C27H24N2O8S. The van der Waals surface area contributed by atoms with Gasteiger partial charge in [-0.25, -0.2) is 9.79 Å². The summed E-state index contributed by atoms with van der Waals surface area (Å²) < 4.78 is 22.6. The van der Waals surface area contributed by atoms with Gasteiger partial charge in [-0.15, -0.1) is 0 Å². The van der Waals surface area contributed by atoms with Crippen molar-refractivity contribution in [2.45, 2.75) is 26.8 Å². The zero-order valence-corrected chi connectivity index (χ0v) is 22.1. The molecule has 4 rings (SSSR count). The molecule has 0 amide bonds. The maximum atomic E-state index is 13.7. The van der Waals surface area contributed by atoms with Crippen molar-refractivity contribution in [2.75, 3.05) is 14.2 Å². The van der Waals surface area contributed by atoms with E-state index in [1.165, 1.54) is 38.7 Å². The highest BCUT2D eigenvalue weighted by molar-refractivity contribution is 7.07. The second-order valence-corrected chi connectivity index (χ2v) is 9.25. The Morgan fingerprint density at radius 2 is 1.74 bits per heavy atom. The lowest BCUT2D eigenvalue weighted by molar-refractivity contribution is -0.136. The van der Waals surface area contributed by atoms with Crippen molar-refractivity contribution >= 4 is 35.3 Å². The molecule has 10 nitrogen and oxygen atoms in total. The normalized spacial score (nSPS) is 14.9. The van der Waals surface area contributed by atoms with E-state index >= 15 is 0 Å². The second kappa shape index (κ2) is 10.9. The summed E-state index contributed by atoms with van der Waals surface area (Å²) in [7, 11) is 2.68. The van der Waals surface area contributed by atoms with Crippen LogP contribution >= 0.6 is 11.3 Å². The van der Waals surface area contributed by atoms with E-state index in [1.54, 1.807) is 49.4 Å². The molecule has 1 atom stereocenters. The fourth-order valence-corrected chi connectivity index (χ4v) is 5.13. The van der Waals surface area contributed by atoms with Crippen molar-refractivity contribution in [1.82, 2.24) is 4.57 Å². The SMILES string of the molecule is COC(=O)C1=C(C)N=c2s/c(=C/c3cccc(OC(C)=O)c3)c(=O)n2[C@@H]1c1ccc(OC(C)=O)c(OC)c1. The zero-order valence-electron chi connectivity index (χ0n) is 21.3. The van der Waals surface area contributed by atoms with Crippen LogP contribution in [0.2, 0.25) is 0 Å². The van der Waals surface area contributed by atoms with Gasteiger partial charge in [0.05, 0.1) is 36.1 Å². The first-order valence-corrected chi connectivity index (χ1v) is 12.2. The number of benzene rings is 2. The van der Waals surface area contributed by atoms with E-state index in [1.807, 2.05) is 0 Å².